The first-order valence-electron chi connectivity index (χ1n) is 9.62. The van der Waals surface area contributed by atoms with Crippen LogP contribution in [0.3, 0.4) is 0 Å². The van der Waals surface area contributed by atoms with Crippen LogP contribution in [-0.4, -0.2) is 32.0 Å². The molecule has 0 aliphatic carbocycles. The van der Waals surface area contributed by atoms with E-state index in [0.717, 1.165) is 12.2 Å². The molecule has 3 aromatic rings. The molecule has 0 amide bonds. The van der Waals surface area contributed by atoms with Gasteiger partial charge in [-0.1, -0.05) is 19.2 Å². The SMILES string of the molecule is C=CC(=O)OCCCc1ccc2c(oc3c(OC(F)(F)F)c(OC(=O)C=C)ccc32)c1OC. The van der Waals surface area contributed by atoms with E-state index < -0.39 is 29.8 Å². The number of hydrogen-bond acceptors (Lipinski definition) is 7. The van der Waals surface area contributed by atoms with Crippen LogP contribution in [0.2, 0.25) is 0 Å². The molecular formula is C23H19F3O7. The molecule has 0 saturated carbocycles. The number of benzene rings is 2. The predicted octanol–water partition coefficient (Wildman–Crippen LogP) is 5.25. The van der Waals surface area contributed by atoms with E-state index in [4.69, 9.17) is 18.6 Å². The summed E-state index contributed by atoms with van der Waals surface area (Å²) in [6, 6.07) is 6.03. The lowest BCUT2D eigenvalue weighted by atomic mass is 10.0. The van der Waals surface area contributed by atoms with E-state index in [1.54, 1.807) is 12.1 Å². The largest absolute Gasteiger partial charge is 0.573 e. The Morgan fingerprint density at radius 2 is 1.64 bits per heavy atom. The van der Waals surface area contributed by atoms with Crippen molar-refractivity contribution < 1.29 is 46.1 Å². The topological polar surface area (TPSA) is 84.2 Å². The maximum Gasteiger partial charge on any atom is 0.573 e. The summed E-state index contributed by atoms with van der Waals surface area (Å²) in [5.74, 6) is -2.48. The van der Waals surface area contributed by atoms with Crippen LogP contribution in [-0.2, 0) is 20.7 Å². The number of alkyl halides is 3. The van der Waals surface area contributed by atoms with Crippen LogP contribution >= 0.6 is 0 Å². The average Bonchev–Trinajstić information content (AvgIpc) is 3.15. The van der Waals surface area contributed by atoms with Crippen molar-refractivity contribution in [3.05, 3.63) is 55.1 Å². The predicted molar refractivity (Wildman–Crippen MR) is 112 cm³/mol. The number of methoxy groups -OCH3 is 1. The van der Waals surface area contributed by atoms with Gasteiger partial charge in [-0.3, -0.25) is 0 Å². The van der Waals surface area contributed by atoms with Crippen molar-refractivity contribution >= 4 is 33.9 Å². The Kier molecular flexibility index (Phi) is 6.95. The molecule has 0 bridgehead atoms. The summed E-state index contributed by atoms with van der Waals surface area (Å²) in [6.45, 7) is 6.69. The lowest BCUT2D eigenvalue weighted by molar-refractivity contribution is -0.274. The van der Waals surface area contributed by atoms with E-state index in [2.05, 4.69) is 17.9 Å². The van der Waals surface area contributed by atoms with Gasteiger partial charge >= 0.3 is 18.3 Å². The van der Waals surface area contributed by atoms with Gasteiger partial charge in [-0.2, -0.15) is 0 Å². The molecule has 0 fully saturated rings. The first-order valence-corrected chi connectivity index (χ1v) is 9.62. The van der Waals surface area contributed by atoms with Crippen LogP contribution in [0.1, 0.15) is 12.0 Å². The van der Waals surface area contributed by atoms with Gasteiger partial charge in [0.1, 0.15) is 0 Å². The highest BCUT2D eigenvalue weighted by molar-refractivity contribution is 6.09. The minimum Gasteiger partial charge on any atom is -0.493 e. The number of carbonyl (C=O) groups excluding carboxylic acids is 2. The highest BCUT2D eigenvalue weighted by Crippen LogP contribution is 2.45. The van der Waals surface area contributed by atoms with E-state index in [1.165, 1.54) is 19.2 Å². The minimum absolute atomic E-state index is 0.147. The van der Waals surface area contributed by atoms with Crippen LogP contribution in [0.25, 0.3) is 21.9 Å². The van der Waals surface area contributed by atoms with E-state index in [1.807, 2.05) is 0 Å². The summed E-state index contributed by atoms with van der Waals surface area (Å²) in [5.41, 5.74) is 0.606. The average molecular weight is 464 g/mol. The monoisotopic (exact) mass is 464 g/mol. The zero-order valence-corrected chi connectivity index (χ0v) is 17.5. The second-order valence-electron chi connectivity index (χ2n) is 6.65. The molecule has 10 heteroatoms. The number of ether oxygens (including phenoxy) is 4. The van der Waals surface area contributed by atoms with Crippen LogP contribution in [0.5, 0.6) is 17.2 Å². The van der Waals surface area contributed by atoms with Crippen LogP contribution in [0.15, 0.2) is 54.0 Å². The highest BCUT2D eigenvalue weighted by Gasteiger charge is 2.35. The normalized spacial score (nSPS) is 11.3. The molecular weight excluding hydrogens is 445 g/mol. The Hall–Kier alpha value is -3.95. The number of hydrogen-bond donors (Lipinski definition) is 0. The first kappa shape index (κ1) is 23.7. The molecule has 0 radical (unpaired) electrons. The number of furan rings is 1. The fourth-order valence-electron chi connectivity index (χ4n) is 3.23. The number of esters is 2. The second-order valence-corrected chi connectivity index (χ2v) is 6.65. The molecule has 0 atom stereocenters. The third-order valence-electron chi connectivity index (χ3n) is 4.56. The smallest absolute Gasteiger partial charge is 0.493 e. The van der Waals surface area contributed by atoms with E-state index in [0.29, 0.717) is 34.9 Å². The van der Waals surface area contributed by atoms with Crippen LogP contribution in [0, 0.1) is 0 Å². The van der Waals surface area contributed by atoms with Gasteiger partial charge < -0.3 is 23.4 Å². The Balaban J connectivity index is 2.08. The number of halogens is 3. The minimum atomic E-state index is -5.07. The molecule has 0 N–H and O–H groups in total. The molecule has 174 valence electrons. The summed E-state index contributed by atoms with van der Waals surface area (Å²) in [7, 11) is 1.40. The van der Waals surface area contributed by atoms with Crippen molar-refractivity contribution in [2.45, 2.75) is 19.2 Å². The van der Waals surface area contributed by atoms with Gasteiger partial charge in [0, 0.05) is 22.9 Å². The van der Waals surface area contributed by atoms with Crippen molar-refractivity contribution in [3.8, 4) is 17.2 Å². The molecule has 1 heterocycles. The molecule has 0 saturated heterocycles. The molecule has 3 rings (SSSR count). The van der Waals surface area contributed by atoms with E-state index in [9.17, 15) is 22.8 Å². The zero-order chi connectivity index (χ0) is 24.2. The number of rotatable bonds is 9. The lowest BCUT2D eigenvalue weighted by Gasteiger charge is -2.12. The van der Waals surface area contributed by atoms with Crippen molar-refractivity contribution in [2.24, 2.45) is 0 Å². The summed E-state index contributed by atoms with van der Waals surface area (Å²) >= 11 is 0. The summed E-state index contributed by atoms with van der Waals surface area (Å²) in [4.78, 5) is 22.7. The van der Waals surface area contributed by atoms with E-state index in [-0.39, 0.29) is 17.8 Å². The molecule has 0 spiro atoms. The van der Waals surface area contributed by atoms with Gasteiger partial charge in [-0.05, 0) is 36.6 Å². The number of carbonyl (C=O) groups is 2. The summed E-state index contributed by atoms with van der Waals surface area (Å²) in [5, 5.41) is 0.768. The fraction of sp³-hybridized carbons (Fsp3) is 0.217. The van der Waals surface area contributed by atoms with Crippen LogP contribution in [0.4, 0.5) is 13.2 Å². The quantitative estimate of drug-likeness (QED) is 0.185. The first-order chi connectivity index (χ1) is 15.7. The second kappa shape index (κ2) is 9.68. The lowest BCUT2D eigenvalue weighted by Crippen LogP contribution is -2.18. The van der Waals surface area contributed by atoms with Crippen molar-refractivity contribution in [3.63, 3.8) is 0 Å². The van der Waals surface area contributed by atoms with Gasteiger partial charge in [0.05, 0.1) is 13.7 Å². The molecule has 7 nitrogen and oxygen atoms in total. The van der Waals surface area contributed by atoms with E-state index >= 15 is 0 Å². The maximum atomic E-state index is 13.1. The van der Waals surface area contributed by atoms with Crippen molar-refractivity contribution in [1.29, 1.82) is 0 Å². The highest BCUT2D eigenvalue weighted by atomic mass is 19.4. The number of aryl methyl sites for hydroxylation is 1. The Morgan fingerprint density at radius 1 is 1.00 bits per heavy atom. The fourth-order valence-corrected chi connectivity index (χ4v) is 3.23. The number of fused-ring (bicyclic) bond motifs is 3. The third kappa shape index (κ3) is 5.28. The van der Waals surface area contributed by atoms with Gasteiger partial charge in [0.2, 0.25) is 5.75 Å². The standard InChI is InChI=1S/C23H19F3O7/c1-4-17(27)30-12-6-7-13-8-9-14-15-10-11-16(31-18(28)5-2)22(33-23(24,25)26)21(15)32-20(14)19(13)29-3/h4-5,8-11H,1-2,6-7,12H2,3H3. The Bertz CT molecular complexity index is 1220. The van der Waals surface area contributed by atoms with Gasteiger partial charge in [0.15, 0.2) is 22.7 Å². The zero-order valence-electron chi connectivity index (χ0n) is 17.5. The third-order valence-corrected chi connectivity index (χ3v) is 4.56. The van der Waals surface area contributed by atoms with Crippen molar-refractivity contribution in [2.75, 3.05) is 13.7 Å². The molecule has 0 aliphatic rings. The Labute approximate surface area is 185 Å². The maximum absolute atomic E-state index is 13.1. The van der Waals surface area contributed by atoms with Crippen molar-refractivity contribution in [1.82, 2.24) is 0 Å². The summed E-state index contributed by atoms with van der Waals surface area (Å²) in [6.07, 6.45) is -2.30. The Morgan fingerprint density at radius 3 is 2.24 bits per heavy atom. The van der Waals surface area contributed by atoms with Gasteiger partial charge in [-0.15, -0.1) is 13.2 Å². The molecule has 2 aromatic carbocycles. The summed E-state index contributed by atoms with van der Waals surface area (Å²) < 4.78 is 64.5. The van der Waals surface area contributed by atoms with Crippen LogP contribution < -0.4 is 14.2 Å². The molecule has 0 unspecified atom stereocenters. The van der Waals surface area contributed by atoms with Gasteiger partial charge in [0.25, 0.3) is 0 Å². The molecule has 1 aromatic heterocycles. The molecule has 33 heavy (non-hydrogen) atoms. The molecule has 0 aliphatic heterocycles. The van der Waals surface area contributed by atoms with Gasteiger partial charge in [-0.25, -0.2) is 9.59 Å².